The minimum Gasteiger partial charge on any atom is -0.388 e. The summed E-state index contributed by atoms with van der Waals surface area (Å²) in [5.74, 6) is -0.448. The van der Waals surface area contributed by atoms with Gasteiger partial charge in [0.2, 0.25) is 5.91 Å². The molecule has 0 aromatic heterocycles. The van der Waals surface area contributed by atoms with Gasteiger partial charge in [0.25, 0.3) is 5.91 Å². The second-order valence-corrected chi connectivity index (χ2v) is 9.85. The van der Waals surface area contributed by atoms with E-state index < -0.39 is 11.5 Å². The van der Waals surface area contributed by atoms with Crippen molar-refractivity contribution < 1.29 is 14.7 Å². The minimum atomic E-state index is -1.15. The van der Waals surface area contributed by atoms with E-state index in [1.807, 2.05) is 54.6 Å². The van der Waals surface area contributed by atoms with E-state index in [1.54, 1.807) is 11.9 Å². The number of aliphatic imine (C=N–C) groups is 1. The molecule has 0 atom stereocenters. The number of nitrogens with one attached hydrogen (secondary N) is 2. The van der Waals surface area contributed by atoms with Gasteiger partial charge >= 0.3 is 0 Å². The van der Waals surface area contributed by atoms with Crippen LogP contribution in [-0.4, -0.2) is 77.6 Å². The highest BCUT2D eigenvalue weighted by Gasteiger charge is 2.38. The summed E-state index contributed by atoms with van der Waals surface area (Å²) in [5, 5.41) is 22.8. The first-order chi connectivity index (χ1) is 18.3. The third-order valence-corrected chi connectivity index (χ3v) is 7.18. The average molecular weight is 517 g/mol. The smallest absolute Gasteiger partial charge is 0.279 e. The molecule has 2 aromatic rings. The van der Waals surface area contributed by atoms with E-state index in [-0.39, 0.29) is 23.9 Å². The van der Waals surface area contributed by atoms with Crippen molar-refractivity contribution in [1.29, 1.82) is 5.41 Å². The number of hydrogen-bond donors (Lipinski definition) is 4. The predicted octanol–water partition coefficient (Wildman–Crippen LogP) is 1.95. The van der Waals surface area contributed by atoms with Gasteiger partial charge in [-0.25, -0.2) is 4.99 Å². The number of benzene rings is 2. The first-order valence-corrected chi connectivity index (χ1v) is 13.0. The topological polar surface area (TPSA) is 135 Å². The molecule has 5 N–H and O–H groups in total. The van der Waals surface area contributed by atoms with Crippen molar-refractivity contribution in [2.24, 2.45) is 10.7 Å². The highest BCUT2D eigenvalue weighted by Crippen LogP contribution is 2.26. The van der Waals surface area contributed by atoms with Crippen LogP contribution in [0.1, 0.15) is 36.0 Å². The number of carbonyl (C=O) groups is 2. The zero-order chi connectivity index (χ0) is 27.1. The molecule has 0 radical (unpaired) electrons. The van der Waals surface area contributed by atoms with Gasteiger partial charge in [0.15, 0.2) is 0 Å². The second-order valence-electron chi connectivity index (χ2n) is 9.85. The summed E-state index contributed by atoms with van der Waals surface area (Å²) in [6, 6.07) is 17.7. The third-order valence-electron chi connectivity index (χ3n) is 7.18. The molecule has 2 aromatic carbocycles. The number of piperidine rings is 1. The number of β-amino-alcohol motifs (C(OH)–C–C–N with tert-alkyl or cyclic N) is 1. The minimum absolute atomic E-state index is 0.0275. The highest BCUT2D eigenvalue weighted by atomic mass is 16.3. The lowest BCUT2D eigenvalue weighted by molar-refractivity contribution is -0.137. The molecule has 200 valence electrons. The molecule has 2 amide bonds. The van der Waals surface area contributed by atoms with Crippen molar-refractivity contribution in [3.63, 3.8) is 0 Å². The summed E-state index contributed by atoms with van der Waals surface area (Å²) in [5.41, 5.74) is 8.13. The van der Waals surface area contributed by atoms with Gasteiger partial charge in [-0.05, 0) is 48.9 Å². The Bertz CT molecular complexity index is 1210. The molecule has 0 aliphatic carbocycles. The largest absolute Gasteiger partial charge is 0.388 e. The van der Waals surface area contributed by atoms with Crippen LogP contribution in [-0.2, 0) is 22.4 Å². The first kappa shape index (κ1) is 27.2. The Morgan fingerprint density at radius 1 is 1.08 bits per heavy atom. The molecule has 4 rings (SSSR count). The Morgan fingerprint density at radius 3 is 2.37 bits per heavy atom. The van der Waals surface area contributed by atoms with Crippen LogP contribution in [0.2, 0.25) is 0 Å². The molecule has 1 saturated heterocycles. The fourth-order valence-corrected chi connectivity index (χ4v) is 4.90. The van der Waals surface area contributed by atoms with Crippen LogP contribution < -0.4 is 11.1 Å². The van der Waals surface area contributed by atoms with E-state index in [2.05, 4.69) is 10.3 Å². The molecule has 9 heteroatoms. The Labute approximate surface area is 223 Å². The van der Waals surface area contributed by atoms with Gasteiger partial charge in [-0.2, -0.15) is 0 Å². The number of rotatable bonds is 9. The van der Waals surface area contributed by atoms with E-state index >= 15 is 0 Å². The van der Waals surface area contributed by atoms with Crippen molar-refractivity contribution in [1.82, 2.24) is 15.1 Å². The predicted molar refractivity (Wildman–Crippen MR) is 149 cm³/mol. The van der Waals surface area contributed by atoms with Crippen molar-refractivity contribution in [3.8, 4) is 0 Å². The summed E-state index contributed by atoms with van der Waals surface area (Å²) in [6.45, 7) is 1.44. The van der Waals surface area contributed by atoms with Crippen LogP contribution in [0.3, 0.4) is 0 Å². The van der Waals surface area contributed by atoms with Gasteiger partial charge in [0.05, 0.1) is 24.2 Å². The number of hydrogen-bond acceptors (Lipinski definition) is 7. The molecule has 0 saturated carbocycles. The number of likely N-dealkylation sites (tertiary alicyclic amines) is 1. The average Bonchev–Trinajstić information content (AvgIpc) is 2.93. The van der Waals surface area contributed by atoms with Gasteiger partial charge in [-0.1, -0.05) is 54.6 Å². The molecule has 0 unspecified atom stereocenters. The van der Waals surface area contributed by atoms with E-state index in [4.69, 9.17) is 11.1 Å². The number of aliphatic hydroxyl groups is 1. The fourth-order valence-electron chi connectivity index (χ4n) is 4.90. The normalized spacial score (nSPS) is 18.5. The van der Waals surface area contributed by atoms with E-state index in [9.17, 15) is 14.7 Å². The molecule has 2 aliphatic rings. The van der Waals surface area contributed by atoms with Crippen LogP contribution in [0.5, 0.6) is 0 Å². The van der Waals surface area contributed by atoms with Crippen LogP contribution in [0.25, 0.3) is 5.70 Å². The first-order valence-electron chi connectivity index (χ1n) is 13.0. The number of nitrogens with two attached hydrogens (primary N) is 1. The maximum atomic E-state index is 13.1. The van der Waals surface area contributed by atoms with Gasteiger partial charge < -0.3 is 21.1 Å². The maximum absolute atomic E-state index is 13.1. The Balaban J connectivity index is 1.38. The molecule has 0 bridgehead atoms. The molecule has 9 nitrogen and oxygen atoms in total. The summed E-state index contributed by atoms with van der Waals surface area (Å²) in [6.07, 6.45) is 3.99. The maximum Gasteiger partial charge on any atom is 0.279 e. The SMILES string of the molecule is CN/C(=C1/N=CN(CC2(O)CCN(C(=O)CCc3ccccc3)CC2)C(=O)C1=N)c1ccc(CCN)cc1. The van der Waals surface area contributed by atoms with Crippen molar-refractivity contribution in [2.45, 2.75) is 37.7 Å². The van der Waals surface area contributed by atoms with Crippen molar-refractivity contribution in [2.75, 3.05) is 33.2 Å². The van der Waals surface area contributed by atoms with E-state index in [0.29, 0.717) is 51.0 Å². The summed E-state index contributed by atoms with van der Waals surface area (Å²) >= 11 is 0. The van der Waals surface area contributed by atoms with Crippen LogP contribution in [0.4, 0.5) is 0 Å². The molecule has 2 aliphatic heterocycles. The number of amides is 2. The second kappa shape index (κ2) is 12.1. The zero-order valence-corrected chi connectivity index (χ0v) is 21.8. The third kappa shape index (κ3) is 6.35. The Morgan fingerprint density at radius 2 is 1.74 bits per heavy atom. The lowest BCUT2D eigenvalue weighted by atomic mass is 9.90. The lowest BCUT2D eigenvalue weighted by Crippen LogP contribution is -2.54. The lowest BCUT2D eigenvalue weighted by Gasteiger charge is -2.40. The van der Waals surface area contributed by atoms with E-state index in [1.165, 1.54) is 11.2 Å². The Hall–Kier alpha value is -3.82. The number of nitrogens with zero attached hydrogens (tertiary/aromatic N) is 3. The van der Waals surface area contributed by atoms with Gasteiger partial charge in [-0.15, -0.1) is 0 Å². The summed E-state index contributed by atoms with van der Waals surface area (Å²) in [7, 11) is 1.73. The highest BCUT2D eigenvalue weighted by molar-refractivity contribution is 6.47. The van der Waals surface area contributed by atoms with Gasteiger partial charge in [0, 0.05) is 26.6 Å². The summed E-state index contributed by atoms with van der Waals surface area (Å²) in [4.78, 5) is 33.3. The molecule has 38 heavy (non-hydrogen) atoms. The summed E-state index contributed by atoms with van der Waals surface area (Å²) < 4.78 is 0. The van der Waals surface area contributed by atoms with Gasteiger partial charge in [-0.3, -0.25) is 19.9 Å². The Kier molecular flexibility index (Phi) is 8.70. The fraction of sp³-hybridized carbons (Fsp3) is 0.379. The molecular formula is C29H36N6O3. The monoisotopic (exact) mass is 516 g/mol. The number of aryl methyl sites for hydroxylation is 1. The molecular weight excluding hydrogens is 480 g/mol. The molecule has 1 fully saturated rings. The van der Waals surface area contributed by atoms with Gasteiger partial charge in [0.1, 0.15) is 11.4 Å². The molecule has 2 heterocycles. The standard InChI is InChI=1S/C29H36N6O3/c1-32-26(23-10-7-22(8-11-23)13-16-30)27-25(31)28(37)35(20-33-27)19-29(38)14-17-34(18-15-29)24(36)12-9-21-5-3-2-4-6-21/h2-8,10-11,20,31-32,38H,9,12-19,30H2,1H3/b27-26+,31-25?. The quantitative estimate of drug-likeness (QED) is 0.404. The van der Waals surface area contributed by atoms with Crippen LogP contribution in [0.15, 0.2) is 65.3 Å². The molecule has 0 spiro atoms. The zero-order valence-electron chi connectivity index (χ0n) is 21.8. The van der Waals surface area contributed by atoms with Crippen LogP contribution in [0, 0.1) is 5.41 Å². The van der Waals surface area contributed by atoms with Crippen LogP contribution >= 0.6 is 0 Å². The number of carbonyl (C=O) groups excluding carboxylic acids is 2. The van der Waals surface area contributed by atoms with Crippen molar-refractivity contribution >= 4 is 29.6 Å². The van der Waals surface area contributed by atoms with Crippen molar-refractivity contribution in [3.05, 3.63) is 77.0 Å². The van der Waals surface area contributed by atoms with E-state index in [0.717, 1.165) is 23.1 Å².